The second kappa shape index (κ2) is 12.1. The predicted octanol–water partition coefficient (Wildman–Crippen LogP) is 13.1. The van der Waals surface area contributed by atoms with E-state index in [1.807, 2.05) is 30.3 Å². The largest absolute Gasteiger partial charge is 0.456 e. The third kappa shape index (κ3) is 4.58. The van der Waals surface area contributed by atoms with Gasteiger partial charge in [-0.3, -0.25) is 4.57 Å². The van der Waals surface area contributed by atoms with E-state index in [0.717, 1.165) is 55.2 Å². The van der Waals surface area contributed by atoms with Crippen LogP contribution in [0.15, 0.2) is 162 Å². The van der Waals surface area contributed by atoms with Crippen molar-refractivity contribution in [3.8, 4) is 51.0 Å². The molecule has 3 heterocycles. The topological polar surface area (TPSA) is 56.7 Å². The van der Waals surface area contributed by atoms with E-state index in [0.29, 0.717) is 17.6 Å². The van der Waals surface area contributed by atoms with Gasteiger partial charge in [0.1, 0.15) is 11.2 Å². The van der Waals surface area contributed by atoms with Crippen molar-refractivity contribution in [2.24, 2.45) is 0 Å². The number of fused-ring (bicyclic) bond motifs is 11. The van der Waals surface area contributed by atoms with Gasteiger partial charge < -0.3 is 4.42 Å². The Labute approximate surface area is 323 Å². The smallest absolute Gasteiger partial charge is 0.238 e. The van der Waals surface area contributed by atoms with Crippen LogP contribution in [0.2, 0.25) is 0 Å². The minimum atomic E-state index is 0.0292. The minimum Gasteiger partial charge on any atom is -0.456 e. The first-order valence-electron chi connectivity index (χ1n) is 19.7. The molecule has 5 nitrogen and oxygen atoms in total. The number of hydrogen-bond donors (Lipinski definition) is 0. The van der Waals surface area contributed by atoms with Gasteiger partial charge in [-0.25, -0.2) is 4.98 Å². The average molecular weight is 721 g/mol. The summed E-state index contributed by atoms with van der Waals surface area (Å²) in [4.78, 5) is 15.7. The molecule has 1 spiro atoms. The second-order valence-electron chi connectivity index (χ2n) is 15.5. The molecule has 0 amide bonds. The number of nitrogens with zero attached hydrogens (tertiary/aromatic N) is 4. The van der Waals surface area contributed by atoms with Gasteiger partial charge in [-0.15, -0.1) is 0 Å². The summed E-state index contributed by atoms with van der Waals surface area (Å²) in [7, 11) is 0. The number of benzene rings is 7. The number of para-hydroxylation sites is 1. The number of hydrogen-bond acceptors (Lipinski definition) is 4. The maximum Gasteiger partial charge on any atom is 0.238 e. The van der Waals surface area contributed by atoms with Gasteiger partial charge in [0.05, 0.1) is 11.0 Å². The Hall–Kier alpha value is -6.85. The van der Waals surface area contributed by atoms with E-state index < -0.39 is 0 Å². The van der Waals surface area contributed by atoms with E-state index in [1.54, 1.807) is 0 Å². The van der Waals surface area contributed by atoms with E-state index in [1.165, 1.54) is 65.1 Å². The molecule has 0 bridgehead atoms. The summed E-state index contributed by atoms with van der Waals surface area (Å²) in [5.74, 6) is 1.83. The van der Waals surface area contributed by atoms with E-state index in [-0.39, 0.29) is 5.41 Å². The molecule has 12 rings (SSSR count). The first-order valence-corrected chi connectivity index (χ1v) is 19.7. The summed E-state index contributed by atoms with van der Waals surface area (Å²) >= 11 is 0. The van der Waals surface area contributed by atoms with Gasteiger partial charge in [-0.05, 0) is 82.6 Å². The Morgan fingerprint density at radius 3 is 2.00 bits per heavy atom. The highest BCUT2D eigenvalue weighted by Crippen LogP contribution is 2.57. The molecule has 0 N–H and O–H groups in total. The normalized spacial score (nSPS) is 14.6. The first-order chi connectivity index (χ1) is 27.7. The Bertz CT molecular complexity index is 3170. The highest BCUT2D eigenvalue weighted by molar-refractivity contribution is 6.13. The van der Waals surface area contributed by atoms with Gasteiger partial charge in [-0.1, -0.05) is 141 Å². The Morgan fingerprint density at radius 2 is 1.16 bits per heavy atom. The molecule has 0 radical (unpaired) electrons. The highest BCUT2D eigenvalue weighted by Gasteiger charge is 2.44. The lowest BCUT2D eigenvalue weighted by atomic mass is 9.68. The van der Waals surface area contributed by atoms with Crippen LogP contribution in [0.25, 0.3) is 94.7 Å². The van der Waals surface area contributed by atoms with Crippen molar-refractivity contribution in [3.05, 3.63) is 169 Å². The van der Waals surface area contributed by atoms with Crippen LogP contribution in [0.4, 0.5) is 0 Å². The molecular weight excluding hydrogens is 685 g/mol. The van der Waals surface area contributed by atoms with Crippen LogP contribution >= 0.6 is 0 Å². The molecule has 3 aromatic heterocycles. The predicted molar refractivity (Wildman–Crippen MR) is 227 cm³/mol. The Balaban J connectivity index is 1.10. The van der Waals surface area contributed by atoms with Crippen molar-refractivity contribution in [1.82, 2.24) is 19.5 Å². The Kier molecular flexibility index (Phi) is 6.79. The van der Waals surface area contributed by atoms with E-state index in [2.05, 4.69) is 132 Å². The lowest BCUT2D eigenvalue weighted by Crippen LogP contribution is -2.28. The van der Waals surface area contributed by atoms with Gasteiger partial charge in [0, 0.05) is 38.1 Å². The molecule has 10 aromatic rings. The average Bonchev–Trinajstić information content (AvgIpc) is 3.89. The summed E-state index contributed by atoms with van der Waals surface area (Å²) in [6, 6.07) is 56.1. The number of furan rings is 1. The fourth-order valence-electron chi connectivity index (χ4n) is 9.96. The van der Waals surface area contributed by atoms with Crippen LogP contribution in [0.1, 0.15) is 43.2 Å². The van der Waals surface area contributed by atoms with Crippen molar-refractivity contribution < 1.29 is 4.42 Å². The summed E-state index contributed by atoms with van der Waals surface area (Å²) in [6.45, 7) is 0. The van der Waals surface area contributed by atoms with E-state index in [4.69, 9.17) is 19.4 Å². The van der Waals surface area contributed by atoms with Crippen molar-refractivity contribution in [1.29, 1.82) is 0 Å². The van der Waals surface area contributed by atoms with E-state index in [9.17, 15) is 0 Å². The molecule has 56 heavy (non-hydrogen) atoms. The van der Waals surface area contributed by atoms with Gasteiger partial charge >= 0.3 is 0 Å². The number of aromatic nitrogens is 4. The van der Waals surface area contributed by atoms with Gasteiger partial charge in [0.25, 0.3) is 0 Å². The second-order valence-corrected chi connectivity index (χ2v) is 15.5. The third-order valence-corrected chi connectivity index (χ3v) is 12.5. The molecule has 0 saturated heterocycles. The van der Waals surface area contributed by atoms with Crippen LogP contribution in [0, 0.1) is 0 Å². The van der Waals surface area contributed by atoms with Crippen molar-refractivity contribution in [3.63, 3.8) is 0 Å². The molecule has 0 aliphatic heterocycles. The lowest BCUT2D eigenvalue weighted by molar-refractivity contribution is 0.353. The minimum absolute atomic E-state index is 0.0292. The van der Waals surface area contributed by atoms with Crippen LogP contribution in [0.5, 0.6) is 0 Å². The SMILES string of the molecule is c1ccc(-c2nc(-c3ccc4c(c3)oc3cccc(-c5ccccc5)c34)nc(-n3c4ccccc4c4cc5c(cc43)C3(CCCCC3)c3ccccc3-5)n2)cc1. The zero-order chi connectivity index (χ0) is 36.8. The summed E-state index contributed by atoms with van der Waals surface area (Å²) in [5, 5.41) is 4.57. The monoisotopic (exact) mass is 720 g/mol. The fraction of sp³-hybridized carbons (Fsp3) is 0.118. The zero-order valence-corrected chi connectivity index (χ0v) is 30.7. The van der Waals surface area contributed by atoms with Crippen molar-refractivity contribution in [2.45, 2.75) is 37.5 Å². The maximum absolute atomic E-state index is 6.56. The van der Waals surface area contributed by atoms with Crippen LogP contribution in [-0.4, -0.2) is 19.5 Å². The standard InChI is InChI=1S/C51H36N4O/c1-4-15-32(16-5-1)35-21-14-24-45-47(35)38-26-25-34(29-46(38)56-45)49-52-48(33-17-6-2-7-18-33)53-50(54-49)55-43-23-11-9-20-37(43)40-30-39-36-19-8-10-22-41(36)51(27-12-3-13-28-51)42(39)31-44(40)55/h1-2,4-11,14-26,29-31H,3,12-13,27-28H2. The third-order valence-electron chi connectivity index (χ3n) is 12.5. The van der Waals surface area contributed by atoms with Crippen molar-refractivity contribution in [2.75, 3.05) is 0 Å². The van der Waals surface area contributed by atoms with Gasteiger partial charge in [0.15, 0.2) is 11.6 Å². The summed E-state index contributed by atoms with van der Waals surface area (Å²) in [6.07, 6.45) is 6.14. The number of rotatable bonds is 4. The molecular formula is C51H36N4O. The molecule has 7 aromatic carbocycles. The molecule has 1 fully saturated rings. The molecule has 0 unspecified atom stereocenters. The summed E-state index contributed by atoms with van der Waals surface area (Å²) in [5.41, 5.74) is 13.7. The summed E-state index contributed by atoms with van der Waals surface area (Å²) < 4.78 is 8.83. The van der Waals surface area contributed by atoms with Crippen LogP contribution in [-0.2, 0) is 5.41 Å². The van der Waals surface area contributed by atoms with Gasteiger partial charge in [0.2, 0.25) is 5.95 Å². The molecule has 266 valence electrons. The van der Waals surface area contributed by atoms with Gasteiger partial charge in [-0.2, -0.15) is 9.97 Å². The molecule has 2 aliphatic carbocycles. The molecule has 5 heteroatoms. The molecule has 1 saturated carbocycles. The van der Waals surface area contributed by atoms with Crippen LogP contribution in [0.3, 0.4) is 0 Å². The highest BCUT2D eigenvalue weighted by atomic mass is 16.3. The molecule has 0 atom stereocenters. The molecule has 2 aliphatic rings. The maximum atomic E-state index is 6.56. The fourth-order valence-corrected chi connectivity index (χ4v) is 9.96. The first kappa shape index (κ1) is 31.5. The van der Waals surface area contributed by atoms with Crippen LogP contribution < -0.4 is 0 Å². The van der Waals surface area contributed by atoms with E-state index >= 15 is 0 Å². The lowest BCUT2D eigenvalue weighted by Gasteiger charge is -2.36. The Morgan fingerprint density at radius 1 is 0.446 bits per heavy atom. The zero-order valence-electron chi connectivity index (χ0n) is 30.7. The quantitative estimate of drug-likeness (QED) is 0.182. The van der Waals surface area contributed by atoms with Crippen molar-refractivity contribution >= 4 is 43.7 Å².